The Bertz CT molecular complexity index is 856. The second-order valence-corrected chi connectivity index (χ2v) is 8.42. The van der Waals surface area contributed by atoms with Gasteiger partial charge < -0.3 is 10.1 Å². The fourth-order valence-electron chi connectivity index (χ4n) is 2.78. The molecule has 1 aliphatic rings. The zero-order valence-corrected chi connectivity index (χ0v) is 15.9. The second kappa shape index (κ2) is 8.39. The highest BCUT2D eigenvalue weighted by molar-refractivity contribution is 8.00. The van der Waals surface area contributed by atoms with Crippen molar-refractivity contribution in [2.75, 3.05) is 11.9 Å². The maximum absolute atomic E-state index is 12.1. The summed E-state index contributed by atoms with van der Waals surface area (Å²) in [6.07, 6.45) is 2.89. The van der Waals surface area contributed by atoms with Crippen LogP contribution in [0.1, 0.15) is 29.3 Å². The van der Waals surface area contributed by atoms with E-state index in [2.05, 4.69) is 11.4 Å². The van der Waals surface area contributed by atoms with E-state index in [9.17, 15) is 14.9 Å². The number of thioether (sulfide) groups is 1. The molecule has 1 heterocycles. The van der Waals surface area contributed by atoms with Gasteiger partial charge in [-0.1, -0.05) is 18.2 Å². The summed E-state index contributed by atoms with van der Waals surface area (Å²) in [6.45, 7) is 1.39. The minimum Gasteiger partial charge on any atom is -0.455 e. The van der Waals surface area contributed by atoms with Crippen LogP contribution in [0.25, 0.3) is 0 Å². The third-order valence-corrected chi connectivity index (χ3v) is 6.32. The monoisotopic (exact) mass is 386 g/mol. The molecule has 2 aromatic rings. The van der Waals surface area contributed by atoms with Gasteiger partial charge in [-0.25, -0.2) is 0 Å². The molecule has 0 unspecified atom stereocenters. The smallest absolute Gasteiger partial charge is 0.319 e. The molecule has 26 heavy (non-hydrogen) atoms. The number of carbonyl (C=O) groups is 2. The molecule has 5 nitrogen and oxygen atoms in total. The molecule has 1 amide bonds. The van der Waals surface area contributed by atoms with Gasteiger partial charge in [0.25, 0.3) is 5.91 Å². The van der Waals surface area contributed by atoms with Crippen LogP contribution in [-0.2, 0) is 27.2 Å². The van der Waals surface area contributed by atoms with E-state index >= 15 is 0 Å². The normalized spacial score (nSPS) is 13.5. The topological polar surface area (TPSA) is 79.2 Å². The van der Waals surface area contributed by atoms with Crippen LogP contribution in [0.15, 0.2) is 35.2 Å². The minimum atomic E-state index is -0.441. The van der Waals surface area contributed by atoms with Crippen LogP contribution in [-0.4, -0.2) is 23.7 Å². The standard InChI is InChI=1S/C19H18N2O3S2/c1-12(25-13-6-3-2-4-7-13)19(23)24-11-17(22)21-18-15(10-20)14-8-5-9-16(14)26-18/h2-4,6-7,12H,5,8-9,11H2,1H3,(H,21,22)/t12-/m0/s1. The van der Waals surface area contributed by atoms with E-state index in [4.69, 9.17) is 4.74 Å². The number of nitrogens with one attached hydrogen (secondary N) is 1. The molecule has 0 radical (unpaired) electrons. The number of fused-ring (bicyclic) bond motifs is 1. The Morgan fingerprint density at radius 3 is 2.85 bits per heavy atom. The Labute approximate surface area is 160 Å². The number of hydrogen-bond acceptors (Lipinski definition) is 6. The van der Waals surface area contributed by atoms with Crippen molar-refractivity contribution < 1.29 is 14.3 Å². The first kappa shape index (κ1) is 18.5. The predicted molar refractivity (Wildman–Crippen MR) is 102 cm³/mol. The number of anilines is 1. The number of rotatable bonds is 6. The summed E-state index contributed by atoms with van der Waals surface area (Å²) < 4.78 is 5.11. The molecule has 1 N–H and O–H groups in total. The number of nitriles is 1. The number of carbonyl (C=O) groups excluding carboxylic acids is 2. The Morgan fingerprint density at radius 2 is 2.12 bits per heavy atom. The number of aryl methyl sites for hydroxylation is 1. The van der Waals surface area contributed by atoms with Crippen molar-refractivity contribution in [3.8, 4) is 6.07 Å². The largest absolute Gasteiger partial charge is 0.455 e. The molecule has 1 aromatic heterocycles. The summed E-state index contributed by atoms with van der Waals surface area (Å²) in [5, 5.41) is 12.2. The van der Waals surface area contributed by atoms with Crippen LogP contribution in [0.5, 0.6) is 0 Å². The van der Waals surface area contributed by atoms with E-state index in [1.165, 1.54) is 28.0 Å². The van der Waals surface area contributed by atoms with Gasteiger partial charge in [-0.05, 0) is 43.9 Å². The Hall–Kier alpha value is -2.30. The fraction of sp³-hybridized carbons (Fsp3) is 0.316. The summed E-state index contributed by atoms with van der Waals surface area (Å²) in [5.41, 5.74) is 1.60. The maximum Gasteiger partial charge on any atom is 0.319 e. The number of esters is 1. The minimum absolute atomic E-state index is 0.355. The molecule has 0 aliphatic heterocycles. The molecular weight excluding hydrogens is 368 g/mol. The van der Waals surface area contributed by atoms with Gasteiger partial charge in [0, 0.05) is 9.77 Å². The molecule has 1 aliphatic carbocycles. The molecular formula is C19H18N2O3S2. The van der Waals surface area contributed by atoms with Gasteiger partial charge in [0.15, 0.2) is 6.61 Å². The number of amides is 1. The van der Waals surface area contributed by atoms with Crippen molar-refractivity contribution in [3.05, 3.63) is 46.3 Å². The third-order valence-electron chi connectivity index (χ3n) is 4.02. The highest BCUT2D eigenvalue weighted by atomic mass is 32.2. The molecule has 1 atom stereocenters. The fourth-order valence-corrected chi connectivity index (χ4v) is 4.92. The van der Waals surface area contributed by atoms with Gasteiger partial charge in [-0.2, -0.15) is 5.26 Å². The summed E-state index contributed by atoms with van der Waals surface area (Å²) >= 11 is 2.83. The van der Waals surface area contributed by atoms with Crippen LogP contribution in [0.3, 0.4) is 0 Å². The number of nitrogens with zero attached hydrogens (tertiary/aromatic N) is 1. The first-order valence-corrected chi connectivity index (χ1v) is 10.0. The van der Waals surface area contributed by atoms with Crippen molar-refractivity contribution in [3.63, 3.8) is 0 Å². The van der Waals surface area contributed by atoms with Crippen molar-refractivity contribution in [1.29, 1.82) is 5.26 Å². The van der Waals surface area contributed by atoms with Crippen LogP contribution in [0, 0.1) is 11.3 Å². The molecule has 0 saturated heterocycles. The van der Waals surface area contributed by atoms with Gasteiger partial charge in [0.2, 0.25) is 0 Å². The summed E-state index contributed by atoms with van der Waals surface area (Å²) in [4.78, 5) is 26.3. The molecule has 7 heteroatoms. The van der Waals surface area contributed by atoms with E-state index in [0.717, 1.165) is 29.7 Å². The van der Waals surface area contributed by atoms with Crippen LogP contribution in [0.4, 0.5) is 5.00 Å². The molecule has 0 spiro atoms. The van der Waals surface area contributed by atoms with E-state index in [1.807, 2.05) is 30.3 Å². The van der Waals surface area contributed by atoms with Crippen molar-refractivity contribution in [2.24, 2.45) is 0 Å². The quantitative estimate of drug-likeness (QED) is 0.604. The molecule has 3 rings (SSSR count). The second-order valence-electron chi connectivity index (χ2n) is 5.90. The molecule has 0 bridgehead atoms. The average molecular weight is 386 g/mol. The zero-order chi connectivity index (χ0) is 18.5. The predicted octanol–water partition coefficient (Wildman–Crippen LogP) is 3.77. The van der Waals surface area contributed by atoms with E-state index < -0.39 is 17.1 Å². The van der Waals surface area contributed by atoms with Crippen LogP contribution >= 0.6 is 23.1 Å². The van der Waals surface area contributed by atoms with E-state index in [-0.39, 0.29) is 6.61 Å². The lowest BCUT2D eigenvalue weighted by Crippen LogP contribution is -2.24. The van der Waals surface area contributed by atoms with Gasteiger partial charge in [0.1, 0.15) is 16.3 Å². The Morgan fingerprint density at radius 1 is 1.35 bits per heavy atom. The van der Waals surface area contributed by atoms with Gasteiger partial charge >= 0.3 is 5.97 Å². The Balaban J connectivity index is 1.51. The lowest BCUT2D eigenvalue weighted by Gasteiger charge is -2.11. The van der Waals surface area contributed by atoms with Crippen LogP contribution < -0.4 is 5.32 Å². The number of benzene rings is 1. The first-order valence-electron chi connectivity index (χ1n) is 8.31. The summed E-state index contributed by atoms with van der Waals surface area (Å²) in [6, 6.07) is 11.7. The maximum atomic E-state index is 12.1. The lowest BCUT2D eigenvalue weighted by atomic mass is 10.1. The summed E-state index contributed by atoms with van der Waals surface area (Å²) in [5.74, 6) is -0.866. The first-order chi connectivity index (χ1) is 12.6. The van der Waals surface area contributed by atoms with Crippen molar-refractivity contribution in [2.45, 2.75) is 36.3 Å². The van der Waals surface area contributed by atoms with E-state index in [1.54, 1.807) is 6.92 Å². The van der Waals surface area contributed by atoms with E-state index in [0.29, 0.717) is 10.6 Å². The van der Waals surface area contributed by atoms with Gasteiger partial charge in [-0.15, -0.1) is 23.1 Å². The highest BCUT2D eigenvalue weighted by Crippen LogP contribution is 2.38. The Kier molecular flexibility index (Phi) is 5.96. The number of hydrogen-bond donors (Lipinski definition) is 1. The highest BCUT2D eigenvalue weighted by Gasteiger charge is 2.23. The molecule has 0 saturated carbocycles. The third kappa shape index (κ3) is 4.26. The summed E-state index contributed by atoms with van der Waals surface area (Å²) in [7, 11) is 0. The number of thiophene rings is 1. The molecule has 1 aromatic carbocycles. The SMILES string of the molecule is C[C@H](Sc1ccccc1)C(=O)OCC(=O)Nc1sc2c(c1C#N)CCC2. The number of ether oxygens (including phenoxy) is 1. The van der Waals surface area contributed by atoms with Crippen molar-refractivity contribution in [1.82, 2.24) is 0 Å². The van der Waals surface area contributed by atoms with Crippen LogP contribution in [0.2, 0.25) is 0 Å². The van der Waals surface area contributed by atoms with Gasteiger partial charge in [0.05, 0.1) is 5.56 Å². The van der Waals surface area contributed by atoms with Crippen molar-refractivity contribution >= 4 is 40.0 Å². The van der Waals surface area contributed by atoms with Gasteiger partial charge in [-0.3, -0.25) is 9.59 Å². The molecule has 134 valence electrons. The molecule has 0 fully saturated rings. The zero-order valence-electron chi connectivity index (χ0n) is 14.3. The lowest BCUT2D eigenvalue weighted by molar-refractivity contribution is -0.146. The average Bonchev–Trinajstić information content (AvgIpc) is 3.21.